The van der Waals surface area contributed by atoms with Crippen molar-refractivity contribution in [2.45, 2.75) is 0 Å². The van der Waals surface area contributed by atoms with Crippen LogP contribution in [-0.4, -0.2) is 20.1 Å². The van der Waals surface area contributed by atoms with Gasteiger partial charge in [-0.2, -0.15) is 9.91 Å². The number of azo groups is 1. The van der Waals surface area contributed by atoms with Gasteiger partial charge in [-0.25, -0.2) is 0 Å². The third-order valence-corrected chi connectivity index (χ3v) is 4.89. The molecule has 0 saturated heterocycles. The van der Waals surface area contributed by atoms with Gasteiger partial charge < -0.3 is 4.98 Å². The largest absolute Gasteiger partial charge is 0.359 e. The second-order valence-corrected chi connectivity index (χ2v) is 7.10. The summed E-state index contributed by atoms with van der Waals surface area (Å²) in [7, 11) is 0. The Morgan fingerprint density at radius 2 is 1.79 bits per heavy atom. The number of anilines is 1. The molecule has 0 aliphatic carbocycles. The Labute approximate surface area is 168 Å². The summed E-state index contributed by atoms with van der Waals surface area (Å²) in [6.45, 7) is 0. The number of nitrogens with zero attached hydrogens (tertiary/aromatic N) is 5. The van der Waals surface area contributed by atoms with Gasteiger partial charge in [-0.1, -0.05) is 34.1 Å². The smallest absolute Gasteiger partial charge is 0.115 e. The quantitative estimate of drug-likeness (QED) is 0.344. The van der Waals surface area contributed by atoms with Gasteiger partial charge in [0.1, 0.15) is 16.7 Å². The number of aromatic nitrogens is 4. The van der Waals surface area contributed by atoms with Crippen LogP contribution in [0.1, 0.15) is 0 Å². The van der Waals surface area contributed by atoms with Gasteiger partial charge in [0.05, 0.1) is 16.8 Å². The summed E-state index contributed by atoms with van der Waals surface area (Å²) in [5.41, 5.74) is 8.38. The highest BCUT2D eigenvalue weighted by Gasteiger charge is 2.11. The summed E-state index contributed by atoms with van der Waals surface area (Å²) < 4.78 is 1.00. The zero-order valence-corrected chi connectivity index (χ0v) is 16.1. The van der Waals surface area contributed by atoms with E-state index in [2.05, 4.69) is 46.9 Å². The molecule has 0 aliphatic rings. The van der Waals surface area contributed by atoms with Crippen LogP contribution in [0.25, 0.3) is 21.9 Å². The van der Waals surface area contributed by atoms with E-state index in [0.717, 1.165) is 43.5 Å². The van der Waals surface area contributed by atoms with Gasteiger partial charge in [-0.05, 0) is 53.7 Å². The number of hydrogen-bond acceptors (Lipinski definition) is 5. The normalized spacial score (nSPS) is 11.6. The van der Waals surface area contributed by atoms with Crippen LogP contribution in [0.5, 0.6) is 0 Å². The molecule has 0 bridgehead atoms. The number of para-hydroxylation sites is 1. The summed E-state index contributed by atoms with van der Waals surface area (Å²) in [6, 6.07) is 21.4. The number of halogens is 1. The molecule has 0 saturated carbocycles. The number of hydrogen-bond donors (Lipinski definition) is 2. The molecule has 28 heavy (non-hydrogen) atoms. The molecule has 0 atom stereocenters. The molecule has 2 N–H and O–H groups in total. The number of benzene rings is 3. The Morgan fingerprint density at radius 3 is 2.68 bits per heavy atom. The standard InChI is InChI=1S/C20H14BrN7/c21-13-8-10-14(11-9-13)23-24-18-12-22-16-5-3-6-17(20(16)18)26-28-19-7-2-1-4-15(19)25-27-28/h1-12,22,26H. The van der Waals surface area contributed by atoms with Crippen molar-refractivity contribution >= 4 is 54.9 Å². The molecule has 0 radical (unpaired) electrons. The van der Waals surface area contributed by atoms with E-state index >= 15 is 0 Å². The van der Waals surface area contributed by atoms with Crippen molar-refractivity contribution < 1.29 is 0 Å². The fourth-order valence-electron chi connectivity index (χ4n) is 3.02. The van der Waals surface area contributed by atoms with Crippen LogP contribution in [0.15, 0.2) is 87.6 Å². The number of H-pyrrole nitrogens is 1. The molecular weight excluding hydrogens is 418 g/mol. The minimum absolute atomic E-state index is 0.741. The van der Waals surface area contributed by atoms with Gasteiger partial charge in [-0.3, -0.25) is 5.43 Å². The molecule has 5 rings (SSSR count). The summed E-state index contributed by atoms with van der Waals surface area (Å²) >= 11 is 3.42. The molecule has 7 nitrogen and oxygen atoms in total. The van der Waals surface area contributed by atoms with Gasteiger partial charge in [0.15, 0.2) is 0 Å². The first-order valence-corrected chi connectivity index (χ1v) is 9.42. The van der Waals surface area contributed by atoms with Gasteiger partial charge in [0, 0.05) is 16.2 Å². The van der Waals surface area contributed by atoms with E-state index < -0.39 is 0 Å². The van der Waals surface area contributed by atoms with Crippen LogP contribution >= 0.6 is 15.9 Å². The maximum Gasteiger partial charge on any atom is 0.115 e. The summed E-state index contributed by atoms with van der Waals surface area (Å²) in [5, 5.41) is 18.1. The first kappa shape index (κ1) is 16.6. The molecule has 2 heterocycles. The highest BCUT2D eigenvalue weighted by atomic mass is 79.9. The van der Waals surface area contributed by atoms with E-state index in [1.807, 2.05) is 72.9 Å². The van der Waals surface area contributed by atoms with Gasteiger partial charge in [0.2, 0.25) is 0 Å². The zero-order chi connectivity index (χ0) is 18.9. The van der Waals surface area contributed by atoms with Crippen LogP contribution < -0.4 is 5.43 Å². The average Bonchev–Trinajstić information content (AvgIpc) is 3.33. The molecule has 0 amide bonds. The first-order valence-electron chi connectivity index (χ1n) is 8.63. The molecule has 136 valence electrons. The number of aromatic amines is 1. The van der Waals surface area contributed by atoms with E-state index in [1.54, 1.807) is 4.79 Å². The minimum Gasteiger partial charge on any atom is -0.359 e. The second kappa shape index (κ2) is 6.90. The Hall–Kier alpha value is -3.52. The summed E-state index contributed by atoms with van der Waals surface area (Å²) in [4.78, 5) is 4.90. The lowest BCUT2D eigenvalue weighted by Gasteiger charge is -2.08. The van der Waals surface area contributed by atoms with Crippen molar-refractivity contribution in [1.29, 1.82) is 0 Å². The van der Waals surface area contributed by atoms with E-state index in [9.17, 15) is 0 Å². The summed E-state index contributed by atoms with van der Waals surface area (Å²) in [6.07, 6.45) is 1.84. The SMILES string of the molecule is Brc1ccc(N=Nc2c[nH]c3cccc(Nn4nnc5ccccc54)c23)cc1. The van der Waals surface area contributed by atoms with Crippen molar-refractivity contribution in [2.75, 3.05) is 5.43 Å². The molecule has 0 spiro atoms. The van der Waals surface area contributed by atoms with Crippen molar-refractivity contribution in [3.63, 3.8) is 0 Å². The number of fused-ring (bicyclic) bond motifs is 2. The molecule has 0 fully saturated rings. The Bertz CT molecular complexity index is 1300. The fraction of sp³-hybridized carbons (Fsp3) is 0. The van der Waals surface area contributed by atoms with Crippen LogP contribution in [0.3, 0.4) is 0 Å². The van der Waals surface area contributed by atoms with E-state index in [-0.39, 0.29) is 0 Å². The maximum atomic E-state index is 4.44. The lowest BCUT2D eigenvalue weighted by molar-refractivity contribution is 0.767. The van der Waals surface area contributed by atoms with Gasteiger partial charge >= 0.3 is 0 Å². The van der Waals surface area contributed by atoms with E-state index in [4.69, 9.17) is 0 Å². The minimum atomic E-state index is 0.741. The predicted octanol–water partition coefficient (Wildman–Crippen LogP) is 5.97. The van der Waals surface area contributed by atoms with Crippen molar-refractivity contribution in [3.05, 3.63) is 77.4 Å². The molecule has 0 aliphatic heterocycles. The van der Waals surface area contributed by atoms with E-state index in [0.29, 0.717) is 0 Å². The topological polar surface area (TPSA) is 83.2 Å². The van der Waals surface area contributed by atoms with Crippen LogP contribution in [0, 0.1) is 0 Å². The highest BCUT2D eigenvalue weighted by molar-refractivity contribution is 9.10. The lowest BCUT2D eigenvalue weighted by atomic mass is 10.2. The monoisotopic (exact) mass is 431 g/mol. The van der Waals surface area contributed by atoms with Gasteiger partial charge in [-0.15, -0.1) is 10.2 Å². The Morgan fingerprint density at radius 1 is 0.929 bits per heavy atom. The van der Waals surface area contributed by atoms with E-state index in [1.165, 1.54) is 0 Å². The van der Waals surface area contributed by atoms with Crippen molar-refractivity contribution in [3.8, 4) is 0 Å². The van der Waals surface area contributed by atoms with Crippen molar-refractivity contribution in [2.24, 2.45) is 10.2 Å². The van der Waals surface area contributed by atoms with Crippen LogP contribution in [-0.2, 0) is 0 Å². The number of rotatable bonds is 4. The highest BCUT2D eigenvalue weighted by Crippen LogP contribution is 2.34. The zero-order valence-electron chi connectivity index (χ0n) is 14.5. The maximum absolute atomic E-state index is 4.44. The number of nitrogens with one attached hydrogen (secondary N) is 2. The van der Waals surface area contributed by atoms with Crippen molar-refractivity contribution in [1.82, 2.24) is 20.1 Å². The second-order valence-electron chi connectivity index (χ2n) is 6.18. The fourth-order valence-corrected chi connectivity index (χ4v) is 3.29. The van der Waals surface area contributed by atoms with Crippen LogP contribution in [0.4, 0.5) is 17.1 Å². The Balaban J connectivity index is 1.54. The van der Waals surface area contributed by atoms with Gasteiger partial charge in [0.25, 0.3) is 0 Å². The molecule has 5 aromatic rings. The molecular formula is C20H14BrN7. The third-order valence-electron chi connectivity index (χ3n) is 4.36. The Kier molecular flexibility index (Phi) is 4.10. The lowest BCUT2D eigenvalue weighted by Crippen LogP contribution is -2.10. The third kappa shape index (κ3) is 3.03. The molecule has 8 heteroatoms. The molecule has 0 unspecified atom stereocenters. The predicted molar refractivity (Wildman–Crippen MR) is 113 cm³/mol. The molecule has 3 aromatic carbocycles. The summed E-state index contributed by atoms with van der Waals surface area (Å²) in [5.74, 6) is 0. The molecule has 2 aromatic heterocycles. The average molecular weight is 432 g/mol. The van der Waals surface area contributed by atoms with Crippen LogP contribution in [0.2, 0.25) is 0 Å². The first-order chi connectivity index (χ1) is 13.8.